The third kappa shape index (κ3) is 4.85. The van der Waals surface area contributed by atoms with Crippen molar-refractivity contribution in [3.05, 3.63) is 65.1 Å². The van der Waals surface area contributed by atoms with E-state index in [1.54, 1.807) is 7.05 Å². The van der Waals surface area contributed by atoms with Gasteiger partial charge in [0.1, 0.15) is 5.82 Å². The Kier molecular flexibility index (Phi) is 7.65. The lowest BCUT2D eigenvalue weighted by molar-refractivity contribution is 0.680. The van der Waals surface area contributed by atoms with Crippen molar-refractivity contribution >= 4 is 47.2 Å². The molecule has 8 heteroatoms. The van der Waals surface area contributed by atoms with Crippen LogP contribution in [0.5, 0.6) is 0 Å². The summed E-state index contributed by atoms with van der Waals surface area (Å²) in [5, 5.41) is 15.8. The van der Waals surface area contributed by atoms with Crippen LogP contribution in [0.1, 0.15) is 24.4 Å². The molecule has 138 valence electrons. The fraction of sp³-hybridized carbons (Fsp3) is 0.278. The summed E-state index contributed by atoms with van der Waals surface area (Å²) in [6, 6.07) is 13.7. The van der Waals surface area contributed by atoms with E-state index in [-0.39, 0.29) is 30.0 Å². The summed E-state index contributed by atoms with van der Waals surface area (Å²) in [6.07, 6.45) is 2.71. The summed E-state index contributed by atoms with van der Waals surface area (Å²) in [5.41, 5.74) is 1.89. The maximum Gasteiger partial charge on any atom is 0.191 e. The fourth-order valence-corrected chi connectivity index (χ4v) is 2.96. The Labute approximate surface area is 175 Å². The van der Waals surface area contributed by atoms with E-state index in [4.69, 9.17) is 11.6 Å². The van der Waals surface area contributed by atoms with Gasteiger partial charge in [-0.1, -0.05) is 35.9 Å². The molecule has 0 radical (unpaired) electrons. The molecule has 26 heavy (non-hydrogen) atoms. The highest BCUT2D eigenvalue weighted by atomic mass is 127. The molecule has 0 saturated heterocycles. The third-order valence-corrected chi connectivity index (χ3v) is 4.32. The van der Waals surface area contributed by atoms with Crippen molar-refractivity contribution in [2.24, 2.45) is 4.99 Å². The SMILES string of the molecule is CN=C(NCCc1nnc2ccccn12)NC(C)c1ccccc1Cl.I. The highest BCUT2D eigenvalue weighted by Crippen LogP contribution is 2.21. The highest BCUT2D eigenvalue weighted by Gasteiger charge is 2.11. The Morgan fingerprint density at radius 3 is 2.73 bits per heavy atom. The molecule has 2 aromatic heterocycles. The number of hydrogen-bond donors (Lipinski definition) is 2. The zero-order valence-corrected chi connectivity index (χ0v) is 17.8. The van der Waals surface area contributed by atoms with Crippen LogP contribution in [0.4, 0.5) is 0 Å². The summed E-state index contributed by atoms with van der Waals surface area (Å²) >= 11 is 6.25. The smallest absolute Gasteiger partial charge is 0.191 e. The molecule has 2 N–H and O–H groups in total. The van der Waals surface area contributed by atoms with Gasteiger partial charge >= 0.3 is 0 Å². The normalized spacial score (nSPS) is 12.5. The quantitative estimate of drug-likeness (QED) is 0.331. The first-order valence-corrected chi connectivity index (χ1v) is 8.57. The zero-order chi connectivity index (χ0) is 17.6. The van der Waals surface area contributed by atoms with Crippen molar-refractivity contribution in [3.8, 4) is 0 Å². The lowest BCUT2D eigenvalue weighted by Gasteiger charge is -2.19. The average Bonchev–Trinajstić information content (AvgIpc) is 3.04. The molecule has 0 bridgehead atoms. The first-order valence-electron chi connectivity index (χ1n) is 8.19. The Morgan fingerprint density at radius 2 is 1.96 bits per heavy atom. The van der Waals surface area contributed by atoms with E-state index in [0.29, 0.717) is 6.54 Å². The van der Waals surface area contributed by atoms with Gasteiger partial charge in [-0.25, -0.2) is 0 Å². The number of benzene rings is 1. The fourth-order valence-electron chi connectivity index (χ4n) is 2.66. The molecule has 0 aliphatic carbocycles. The molecule has 3 rings (SSSR count). The van der Waals surface area contributed by atoms with Gasteiger partial charge in [0.2, 0.25) is 0 Å². The standard InChI is InChI=1S/C18H21ClN6.HI/c1-13(14-7-3-4-8-15(14)19)22-18(20-2)21-11-10-17-24-23-16-9-5-6-12-25(16)17;/h3-9,12-13H,10-11H2,1-2H3,(H2,20,21,22);1H. The van der Waals surface area contributed by atoms with E-state index in [1.807, 2.05) is 53.1 Å². The Bertz CT molecular complexity index is 879. The second-order valence-electron chi connectivity index (χ2n) is 5.68. The minimum Gasteiger partial charge on any atom is -0.356 e. The van der Waals surface area contributed by atoms with Crippen LogP contribution in [-0.2, 0) is 6.42 Å². The van der Waals surface area contributed by atoms with Crippen molar-refractivity contribution in [3.63, 3.8) is 0 Å². The molecule has 0 aliphatic heterocycles. The topological polar surface area (TPSA) is 66.6 Å². The second-order valence-corrected chi connectivity index (χ2v) is 6.09. The molecule has 0 spiro atoms. The number of aromatic nitrogens is 3. The molecule has 0 saturated carbocycles. The Balaban J connectivity index is 0.00000243. The lowest BCUT2D eigenvalue weighted by atomic mass is 10.1. The third-order valence-electron chi connectivity index (χ3n) is 3.97. The van der Waals surface area contributed by atoms with E-state index in [1.165, 1.54) is 0 Å². The van der Waals surface area contributed by atoms with Crippen molar-refractivity contribution in [1.82, 2.24) is 25.2 Å². The molecule has 1 unspecified atom stereocenters. The second kappa shape index (κ2) is 9.72. The number of hydrogen-bond acceptors (Lipinski definition) is 3. The predicted octanol–water partition coefficient (Wildman–Crippen LogP) is 3.47. The summed E-state index contributed by atoms with van der Waals surface area (Å²) in [4.78, 5) is 4.27. The number of nitrogens with one attached hydrogen (secondary N) is 2. The summed E-state index contributed by atoms with van der Waals surface area (Å²) in [6.45, 7) is 2.75. The molecule has 0 amide bonds. The van der Waals surface area contributed by atoms with Crippen LogP contribution in [0.3, 0.4) is 0 Å². The molecule has 0 aliphatic rings. The van der Waals surface area contributed by atoms with Gasteiger partial charge in [-0.2, -0.15) is 0 Å². The maximum absolute atomic E-state index is 6.25. The monoisotopic (exact) mass is 484 g/mol. The van der Waals surface area contributed by atoms with E-state index < -0.39 is 0 Å². The van der Waals surface area contributed by atoms with Gasteiger partial charge in [0.05, 0.1) is 6.04 Å². The number of aliphatic imine (C=N–C) groups is 1. The highest BCUT2D eigenvalue weighted by molar-refractivity contribution is 14.0. The largest absolute Gasteiger partial charge is 0.356 e. The number of pyridine rings is 1. The number of nitrogens with zero attached hydrogens (tertiary/aromatic N) is 4. The van der Waals surface area contributed by atoms with E-state index in [9.17, 15) is 0 Å². The molecular weight excluding hydrogens is 463 g/mol. The molecule has 2 heterocycles. The number of guanidine groups is 1. The van der Waals surface area contributed by atoms with Crippen LogP contribution in [0, 0.1) is 0 Å². The molecule has 1 aromatic carbocycles. The van der Waals surface area contributed by atoms with Gasteiger partial charge in [-0.15, -0.1) is 34.2 Å². The first-order chi connectivity index (χ1) is 12.2. The van der Waals surface area contributed by atoms with E-state index in [2.05, 4.69) is 32.7 Å². The first kappa shape index (κ1) is 20.4. The van der Waals surface area contributed by atoms with Crippen molar-refractivity contribution in [2.75, 3.05) is 13.6 Å². The van der Waals surface area contributed by atoms with Gasteiger partial charge in [-0.05, 0) is 30.7 Å². The Hall–Kier alpha value is -1.87. The number of fused-ring (bicyclic) bond motifs is 1. The van der Waals surface area contributed by atoms with E-state index >= 15 is 0 Å². The van der Waals surface area contributed by atoms with Crippen LogP contribution in [0.15, 0.2) is 53.7 Å². The minimum absolute atomic E-state index is 0. The lowest BCUT2D eigenvalue weighted by Crippen LogP contribution is -2.39. The minimum atomic E-state index is 0. The van der Waals surface area contributed by atoms with Crippen LogP contribution in [0.25, 0.3) is 5.65 Å². The zero-order valence-electron chi connectivity index (χ0n) is 14.7. The molecule has 1 atom stereocenters. The summed E-state index contributed by atoms with van der Waals surface area (Å²) in [7, 11) is 1.75. The molecule has 0 fully saturated rings. The van der Waals surface area contributed by atoms with Gasteiger partial charge in [0, 0.05) is 31.2 Å². The van der Waals surface area contributed by atoms with Crippen LogP contribution < -0.4 is 10.6 Å². The average molecular weight is 485 g/mol. The van der Waals surface area contributed by atoms with Crippen molar-refractivity contribution < 1.29 is 0 Å². The molecular formula is C18H22ClIN6. The van der Waals surface area contributed by atoms with Crippen LogP contribution in [0.2, 0.25) is 5.02 Å². The number of rotatable bonds is 5. The summed E-state index contributed by atoms with van der Waals surface area (Å²) < 4.78 is 1.99. The summed E-state index contributed by atoms with van der Waals surface area (Å²) in [5.74, 6) is 1.64. The van der Waals surface area contributed by atoms with Gasteiger partial charge in [0.15, 0.2) is 11.6 Å². The van der Waals surface area contributed by atoms with Crippen LogP contribution in [-0.4, -0.2) is 34.2 Å². The van der Waals surface area contributed by atoms with Gasteiger partial charge in [-0.3, -0.25) is 9.39 Å². The van der Waals surface area contributed by atoms with Crippen LogP contribution >= 0.6 is 35.6 Å². The van der Waals surface area contributed by atoms with Crippen molar-refractivity contribution in [1.29, 1.82) is 0 Å². The van der Waals surface area contributed by atoms with Gasteiger partial charge in [0.25, 0.3) is 0 Å². The maximum atomic E-state index is 6.25. The predicted molar refractivity (Wildman–Crippen MR) is 116 cm³/mol. The van der Waals surface area contributed by atoms with Gasteiger partial charge < -0.3 is 10.6 Å². The molecule has 3 aromatic rings. The molecule has 6 nitrogen and oxygen atoms in total. The number of halogens is 2. The van der Waals surface area contributed by atoms with Crippen molar-refractivity contribution in [2.45, 2.75) is 19.4 Å². The Morgan fingerprint density at radius 1 is 1.19 bits per heavy atom. The van der Waals surface area contributed by atoms with E-state index in [0.717, 1.165) is 34.4 Å².